The zero-order valence-electron chi connectivity index (χ0n) is 7.31. The summed E-state index contributed by atoms with van der Waals surface area (Å²) in [6.45, 7) is 0.971. The smallest absolute Gasteiger partial charge is 0.407 e. The Morgan fingerprint density at radius 3 is 2.77 bits per heavy atom. The fourth-order valence-electron chi connectivity index (χ4n) is 1.44. The zero-order valence-corrected chi connectivity index (χ0v) is 7.31. The van der Waals surface area contributed by atoms with Crippen LogP contribution in [0.2, 0.25) is 0 Å². The first-order valence-electron chi connectivity index (χ1n) is 4.16. The predicted octanol–water partition coefficient (Wildman–Crippen LogP) is -0.598. The van der Waals surface area contributed by atoms with Crippen LogP contribution < -0.4 is 11.5 Å². The molecule has 13 heavy (non-hydrogen) atoms. The van der Waals surface area contributed by atoms with Gasteiger partial charge in [-0.15, -0.1) is 0 Å². The molecule has 0 bridgehead atoms. The van der Waals surface area contributed by atoms with E-state index in [1.807, 2.05) is 0 Å². The van der Waals surface area contributed by atoms with Crippen LogP contribution in [0.15, 0.2) is 4.99 Å². The van der Waals surface area contributed by atoms with E-state index in [0.29, 0.717) is 13.1 Å². The second-order valence-electron chi connectivity index (χ2n) is 3.08. The van der Waals surface area contributed by atoms with Crippen LogP contribution in [0.25, 0.3) is 0 Å². The molecule has 6 nitrogen and oxygen atoms in total. The number of nitrogens with zero attached hydrogens (tertiary/aromatic N) is 2. The van der Waals surface area contributed by atoms with Gasteiger partial charge >= 0.3 is 6.09 Å². The van der Waals surface area contributed by atoms with E-state index in [1.54, 1.807) is 0 Å². The molecule has 5 N–H and O–H groups in total. The van der Waals surface area contributed by atoms with Gasteiger partial charge in [-0.3, -0.25) is 0 Å². The summed E-state index contributed by atoms with van der Waals surface area (Å²) in [5.74, 6) is 0.0252. The van der Waals surface area contributed by atoms with Crippen molar-refractivity contribution in [2.45, 2.75) is 18.9 Å². The largest absolute Gasteiger partial charge is 0.465 e. The molecule has 1 heterocycles. The third kappa shape index (κ3) is 2.81. The van der Waals surface area contributed by atoms with Crippen molar-refractivity contribution in [3.05, 3.63) is 0 Å². The molecule has 1 rings (SSSR count). The number of amides is 1. The van der Waals surface area contributed by atoms with Gasteiger partial charge in [-0.25, -0.2) is 9.79 Å². The van der Waals surface area contributed by atoms with Crippen molar-refractivity contribution >= 4 is 12.1 Å². The van der Waals surface area contributed by atoms with Crippen molar-refractivity contribution in [2.75, 3.05) is 13.1 Å². The molecule has 0 aromatic rings. The Labute approximate surface area is 76.2 Å². The van der Waals surface area contributed by atoms with E-state index < -0.39 is 6.09 Å². The highest BCUT2D eigenvalue weighted by molar-refractivity contribution is 5.76. The summed E-state index contributed by atoms with van der Waals surface area (Å²) in [5.41, 5.74) is 10.4. The summed E-state index contributed by atoms with van der Waals surface area (Å²) in [5, 5.41) is 8.71. The fourth-order valence-corrected chi connectivity index (χ4v) is 1.44. The van der Waals surface area contributed by atoms with E-state index >= 15 is 0 Å². The first kappa shape index (κ1) is 9.63. The summed E-state index contributed by atoms with van der Waals surface area (Å²) < 4.78 is 0. The van der Waals surface area contributed by atoms with E-state index in [4.69, 9.17) is 16.6 Å². The second kappa shape index (κ2) is 3.97. The lowest BCUT2D eigenvalue weighted by Gasteiger charge is -2.28. The average Bonchev–Trinajstić information content (AvgIpc) is 2.03. The molecule has 0 radical (unpaired) electrons. The molecule has 74 valence electrons. The maximum atomic E-state index is 10.6. The van der Waals surface area contributed by atoms with Crippen LogP contribution in [0.3, 0.4) is 0 Å². The van der Waals surface area contributed by atoms with Crippen LogP contribution in [0.5, 0.6) is 0 Å². The Bertz CT molecular complexity index is 225. The van der Waals surface area contributed by atoms with Gasteiger partial charge in [0.1, 0.15) is 0 Å². The number of piperidine rings is 1. The Kier molecular flexibility index (Phi) is 2.94. The van der Waals surface area contributed by atoms with Crippen LogP contribution >= 0.6 is 0 Å². The standard InChI is InChI=1S/C7H14N4O2/c8-6(9)10-5-2-1-3-11(4-5)7(12)13/h5H,1-4H2,(H,12,13)(H4,8,9,10). The maximum absolute atomic E-state index is 10.6. The molecule has 6 heteroatoms. The van der Waals surface area contributed by atoms with E-state index in [2.05, 4.69) is 4.99 Å². The van der Waals surface area contributed by atoms with Crippen molar-refractivity contribution in [1.29, 1.82) is 0 Å². The monoisotopic (exact) mass is 186 g/mol. The van der Waals surface area contributed by atoms with Gasteiger partial charge in [0.2, 0.25) is 0 Å². The number of hydrogen-bond acceptors (Lipinski definition) is 2. The Hall–Kier alpha value is -1.46. The zero-order chi connectivity index (χ0) is 9.84. The first-order chi connectivity index (χ1) is 6.09. The van der Waals surface area contributed by atoms with Gasteiger partial charge in [-0.1, -0.05) is 0 Å². The molecule has 1 atom stereocenters. The van der Waals surface area contributed by atoms with E-state index in [0.717, 1.165) is 12.8 Å². The molecule has 1 saturated heterocycles. The molecule has 0 aromatic heterocycles. The summed E-state index contributed by atoms with van der Waals surface area (Å²) in [6.07, 6.45) is 0.755. The number of likely N-dealkylation sites (tertiary alicyclic amines) is 1. The highest BCUT2D eigenvalue weighted by Gasteiger charge is 2.22. The van der Waals surface area contributed by atoms with E-state index in [-0.39, 0.29) is 12.0 Å². The van der Waals surface area contributed by atoms with E-state index in [9.17, 15) is 4.79 Å². The summed E-state index contributed by atoms with van der Waals surface area (Å²) in [6, 6.07) is -0.0742. The topological polar surface area (TPSA) is 105 Å². The quantitative estimate of drug-likeness (QED) is 0.375. The number of guanidine groups is 1. The van der Waals surface area contributed by atoms with Gasteiger partial charge in [0.25, 0.3) is 0 Å². The SMILES string of the molecule is NC(N)=NC1CCCN(C(=O)O)C1. The van der Waals surface area contributed by atoms with Gasteiger partial charge in [0.15, 0.2) is 5.96 Å². The molecule has 1 aliphatic rings. The van der Waals surface area contributed by atoms with Crippen molar-refractivity contribution < 1.29 is 9.90 Å². The minimum atomic E-state index is -0.907. The number of nitrogens with two attached hydrogens (primary N) is 2. The fraction of sp³-hybridized carbons (Fsp3) is 0.714. The first-order valence-corrected chi connectivity index (χ1v) is 4.16. The van der Waals surface area contributed by atoms with Gasteiger partial charge < -0.3 is 21.5 Å². The molecule has 1 aliphatic heterocycles. The van der Waals surface area contributed by atoms with Crippen molar-refractivity contribution in [1.82, 2.24) is 4.90 Å². The number of carboxylic acid groups (broad SMARTS) is 1. The summed E-state index contributed by atoms with van der Waals surface area (Å²) in [7, 11) is 0. The molecule has 0 saturated carbocycles. The van der Waals surface area contributed by atoms with Gasteiger partial charge in [-0.05, 0) is 12.8 Å². The minimum Gasteiger partial charge on any atom is -0.465 e. The lowest BCUT2D eigenvalue weighted by atomic mass is 10.1. The third-order valence-corrected chi connectivity index (χ3v) is 2.00. The third-order valence-electron chi connectivity index (χ3n) is 2.00. The van der Waals surface area contributed by atoms with Gasteiger partial charge in [0, 0.05) is 13.1 Å². The van der Waals surface area contributed by atoms with E-state index in [1.165, 1.54) is 4.90 Å². The molecule has 1 amide bonds. The number of rotatable bonds is 1. The lowest BCUT2D eigenvalue weighted by Crippen LogP contribution is -2.42. The molecule has 1 fully saturated rings. The molecular formula is C7H14N4O2. The van der Waals surface area contributed by atoms with Crippen molar-refractivity contribution in [2.24, 2.45) is 16.5 Å². The van der Waals surface area contributed by atoms with Crippen molar-refractivity contribution in [3.8, 4) is 0 Å². The number of hydrogen-bond donors (Lipinski definition) is 3. The normalized spacial score (nSPS) is 22.5. The molecule has 1 unspecified atom stereocenters. The average molecular weight is 186 g/mol. The van der Waals surface area contributed by atoms with Crippen molar-refractivity contribution in [3.63, 3.8) is 0 Å². The van der Waals surface area contributed by atoms with Crippen LogP contribution in [0, 0.1) is 0 Å². The van der Waals surface area contributed by atoms with Gasteiger partial charge in [-0.2, -0.15) is 0 Å². The van der Waals surface area contributed by atoms with Crippen LogP contribution in [-0.4, -0.2) is 41.2 Å². The van der Waals surface area contributed by atoms with Crippen LogP contribution in [0.1, 0.15) is 12.8 Å². The van der Waals surface area contributed by atoms with Crippen LogP contribution in [-0.2, 0) is 0 Å². The summed E-state index contributed by atoms with van der Waals surface area (Å²) in [4.78, 5) is 15.9. The summed E-state index contributed by atoms with van der Waals surface area (Å²) >= 11 is 0. The Morgan fingerprint density at radius 2 is 2.23 bits per heavy atom. The highest BCUT2D eigenvalue weighted by Crippen LogP contribution is 2.12. The predicted molar refractivity (Wildman–Crippen MR) is 48.4 cm³/mol. The maximum Gasteiger partial charge on any atom is 0.407 e. The number of aliphatic imine (C=N–C) groups is 1. The highest BCUT2D eigenvalue weighted by atomic mass is 16.4. The van der Waals surface area contributed by atoms with Crippen LogP contribution in [0.4, 0.5) is 4.79 Å². The number of carbonyl (C=O) groups is 1. The molecule has 0 spiro atoms. The Balaban J connectivity index is 2.51. The lowest BCUT2D eigenvalue weighted by molar-refractivity contribution is 0.131. The minimum absolute atomic E-state index is 0.0252. The second-order valence-corrected chi connectivity index (χ2v) is 3.08. The molecule has 0 aliphatic carbocycles. The Morgan fingerprint density at radius 1 is 1.54 bits per heavy atom. The molecule has 0 aromatic carbocycles. The van der Waals surface area contributed by atoms with Gasteiger partial charge in [0.05, 0.1) is 6.04 Å². The molecular weight excluding hydrogens is 172 g/mol.